The zero-order chi connectivity index (χ0) is 19.6. The molecule has 0 saturated heterocycles. The fourth-order valence-corrected chi connectivity index (χ4v) is 3.12. The number of hydrogen-bond donors (Lipinski definition) is 2. The molecule has 0 bridgehead atoms. The van der Waals surface area contributed by atoms with E-state index in [-0.39, 0.29) is 16.0 Å². The molecule has 2 N–H and O–H groups in total. The molecule has 1 aliphatic rings. The summed E-state index contributed by atoms with van der Waals surface area (Å²) < 4.78 is 11.0. The summed E-state index contributed by atoms with van der Waals surface area (Å²) >= 11 is 12.4. The molecule has 0 aliphatic carbocycles. The van der Waals surface area contributed by atoms with E-state index in [1.54, 1.807) is 25.1 Å². The monoisotopic (exact) mass is 408 g/mol. The molecule has 0 spiro atoms. The number of carbonyl (C=O) groups is 2. The first-order valence-electron chi connectivity index (χ1n) is 8.43. The summed E-state index contributed by atoms with van der Waals surface area (Å²) in [6, 6.07) is 7.99. The standard InChI is InChI=1S/C19H18Cl2N2O4/c1-3-6-26-17-13(20)7-11(8-14(17)21)19(25)22-12-4-5-16-15(9-12)23-18(24)10(2)27-16/h4-5,7-10H,3,6H2,1-2H3,(H,22,25)(H,23,24)/t10-/m0/s1. The predicted octanol–water partition coefficient (Wildman–Crippen LogP) is 4.75. The van der Waals surface area contributed by atoms with Gasteiger partial charge in [-0.1, -0.05) is 30.1 Å². The van der Waals surface area contributed by atoms with Gasteiger partial charge in [0.15, 0.2) is 11.9 Å². The Morgan fingerprint density at radius 3 is 2.63 bits per heavy atom. The zero-order valence-corrected chi connectivity index (χ0v) is 16.3. The minimum atomic E-state index is -0.560. The molecular formula is C19H18Cl2N2O4. The van der Waals surface area contributed by atoms with E-state index >= 15 is 0 Å². The fourth-order valence-electron chi connectivity index (χ4n) is 2.52. The van der Waals surface area contributed by atoms with Gasteiger partial charge in [-0.3, -0.25) is 9.59 Å². The lowest BCUT2D eigenvalue weighted by Crippen LogP contribution is -2.34. The van der Waals surface area contributed by atoms with Crippen LogP contribution in [0.5, 0.6) is 11.5 Å². The van der Waals surface area contributed by atoms with E-state index in [1.165, 1.54) is 12.1 Å². The minimum absolute atomic E-state index is 0.243. The third-order valence-corrected chi connectivity index (χ3v) is 4.44. The molecule has 3 rings (SSSR count). The highest BCUT2D eigenvalue weighted by atomic mass is 35.5. The predicted molar refractivity (Wildman–Crippen MR) is 105 cm³/mol. The highest BCUT2D eigenvalue weighted by Gasteiger charge is 2.24. The Bertz CT molecular complexity index is 878. The molecule has 2 amide bonds. The van der Waals surface area contributed by atoms with Crippen LogP contribution < -0.4 is 20.1 Å². The van der Waals surface area contributed by atoms with Gasteiger partial charge in [-0.25, -0.2) is 0 Å². The van der Waals surface area contributed by atoms with Crippen molar-refractivity contribution in [2.45, 2.75) is 26.4 Å². The number of rotatable bonds is 5. The summed E-state index contributed by atoms with van der Waals surface area (Å²) in [6.45, 7) is 4.11. The summed E-state index contributed by atoms with van der Waals surface area (Å²) in [5.41, 5.74) is 1.28. The van der Waals surface area contributed by atoms with Gasteiger partial charge in [0, 0.05) is 11.3 Å². The number of hydrogen-bond acceptors (Lipinski definition) is 4. The highest BCUT2D eigenvalue weighted by molar-refractivity contribution is 6.37. The smallest absolute Gasteiger partial charge is 0.265 e. The summed E-state index contributed by atoms with van der Waals surface area (Å²) in [7, 11) is 0. The third kappa shape index (κ3) is 4.28. The number of carbonyl (C=O) groups excluding carboxylic acids is 2. The Labute approximate surface area is 166 Å². The second-order valence-electron chi connectivity index (χ2n) is 6.03. The van der Waals surface area contributed by atoms with Gasteiger partial charge >= 0.3 is 0 Å². The van der Waals surface area contributed by atoms with Crippen LogP contribution in [0.4, 0.5) is 11.4 Å². The minimum Gasteiger partial charge on any atom is -0.490 e. The van der Waals surface area contributed by atoms with E-state index < -0.39 is 12.0 Å². The van der Waals surface area contributed by atoms with Crippen molar-refractivity contribution < 1.29 is 19.1 Å². The molecule has 1 heterocycles. The van der Waals surface area contributed by atoms with Gasteiger partial charge in [0.1, 0.15) is 5.75 Å². The molecule has 1 aliphatic heterocycles. The van der Waals surface area contributed by atoms with E-state index in [2.05, 4.69) is 10.6 Å². The van der Waals surface area contributed by atoms with E-state index in [1.807, 2.05) is 6.92 Å². The van der Waals surface area contributed by atoms with Crippen LogP contribution in [0.1, 0.15) is 30.6 Å². The number of nitrogens with one attached hydrogen (secondary N) is 2. The maximum absolute atomic E-state index is 12.5. The number of benzene rings is 2. The van der Waals surface area contributed by atoms with Gasteiger partial charge in [-0.15, -0.1) is 0 Å². The molecule has 0 aromatic heterocycles. The number of amides is 2. The van der Waals surface area contributed by atoms with Gasteiger partial charge in [-0.05, 0) is 43.7 Å². The maximum Gasteiger partial charge on any atom is 0.265 e. The highest BCUT2D eigenvalue weighted by Crippen LogP contribution is 2.35. The van der Waals surface area contributed by atoms with E-state index in [0.29, 0.717) is 35.0 Å². The van der Waals surface area contributed by atoms with Crippen LogP contribution in [0.2, 0.25) is 10.0 Å². The summed E-state index contributed by atoms with van der Waals surface area (Å²) in [4.78, 5) is 24.3. The Balaban J connectivity index is 1.78. The largest absolute Gasteiger partial charge is 0.490 e. The molecule has 27 heavy (non-hydrogen) atoms. The lowest BCUT2D eigenvalue weighted by atomic mass is 10.1. The van der Waals surface area contributed by atoms with Crippen LogP contribution >= 0.6 is 23.2 Å². The Kier molecular flexibility index (Phi) is 5.77. The Morgan fingerprint density at radius 1 is 1.26 bits per heavy atom. The molecule has 1 atom stereocenters. The zero-order valence-electron chi connectivity index (χ0n) is 14.8. The van der Waals surface area contributed by atoms with Crippen molar-refractivity contribution in [1.29, 1.82) is 0 Å². The van der Waals surface area contributed by atoms with Crippen LogP contribution in [-0.4, -0.2) is 24.5 Å². The second kappa shape index (κ2) is 8.06. The molecule has 0 unspecified atom stereocenters. The summed E-state index contributed by atoms with van der Waals surface area (Å²) in [6.07, 6.45) is 0.252. The SMILES string of the molecule is CCCOc1c(Cl)cc(C(=O)Nc2ccc3c(c2)NC(=O)[C@H](C)O3)cc1Cl. The topological polar surface area (TPSA) is 76.7 Å². The quantitative estimate of drug-likeness (QED) is 0.747. The van der Waals surface area contributed by atoms with Gasteiger partial charge in [0.25, 0.3) is 11.8 Å². The maximum atomic E-state index is 12.5. The molecule has 6 nitrogen and oxygen atoms in total. The van der Waals surface area contributed by atoms with Gasteiger partial charge in [0.05, 0.1) is 22.3 Å². The molecule has 0 radical (unpaired) electrons. The normalized spacial score (nSPS) is 15.4. The first-order valence-corrected chi connectivity index (χ1v) is 9.19. The first kappa shape index (κ1) is 19.3. The Hall–Kier alpha value is -2.44. The fraction of sp³-hybridized carbons (Fsp3) is 0.263. The van der Waals surface area contributed by atoms with Crippen molar-refractivity contribution in [1.82, 2.24) is 0 Å². The molecular weight excluding hydrogens is 391 g/mol. The van der Waals surface area contributed by atoms with Crippen molar-refractivity contribution in [3.05, 3.63) is 45.9 Å². The van der Waals surface area contributed by atoms with Crippen LogP contribution in [-0.2, 0) is 4.79 Å². The van der Waals surface area contributed by atoms with Crippen LogP contribution in [0.25, 0.3) is 0 Å². The van der Waals surface area contributed by atoms with Crippen molar-refractivity contribution in [2.24, 2.45) is 0 Å². The molecule has 142 valence electrons. The van der Waals surface area contributed by atoms with Gasteiger partial charge in [0.2, 0.25) is 0 Å². The molecule has 8 heteroatoms. The molecule has 2 aromatic carbocycles. The second-order valence-corrected chi connectivity index (χ2v) is 6.85. The first-order chi connectivity index (χ1) is 12.9. The average Bonchev–Trinajstić information content (AvgIpc) is 2.62. The van der Waals surface area contributed by atoms with Gasteiger partial charge in [-0.2, -0.15) is 0 Å². The summed E-state index contributed by atoms with van der Waals surface area (Å²) in [5.74, 6) is 0.271. The number of fused-ring (bicyclic) bond motifs is 1. The Morgan fingerprint density at radius 2 is 1.96 bits per heavy atom. The third-order valence-electron chi connectivity index (χ3n) is 3.88. The van der Waals surface area contributed by atoms with Gasteiger partial charge < -0.3 is 20.1 Å². The average molecular weight is 409 g/mol. The van der Waals surface area contributed by atoms with E-state index in [9.17, 15) is 9.59 Å². The van der Waals surface area contributed by atoms with Crippen molar-refractivity contribution in [3.63, 3.8) is 0 Å². The number of ether oxygens (including phenoxy) is 2. The van der Waals surface area contributed by atoms with Crippen molar-refractivity contribution in [3.8, 4) is 11.5 Å². The van der Waals surface area contributed by atoms with E-state index in [0.717, 1.165) is 6.42 Å². The summed E-state index contributed by atoms with van der Waals surface area (Å²) in [5, 5.41) is 6.01. The van der Waals surface area contributed by atoms with Crippen LogP contribution in [0.15, 0.2) is 30.3 Å². The molecule has 2 aromatic rings. The van der Waals surface area contributed by atoms with Crippen molar-refractivity contribution in [2.75, 3.05) is 17.2 Å². The van der Waals surface area contributed by atoms with Crippen LogP contribution in [0.3, 0.4) is 0 Å². The lowest BCUT2D eigenvalue weighted by molar-refractivity contribution is -0.122. The van der Waals surface area contributed by atoms with Crippen LogP contribution in [0, 0.1) is 0 Å². The molecule has 0 saturated carbocycles. The lowest BCUT2D eigenvalue weighted by Gasteiger charge is -2.23. The van der Waals surface area contributed by atoms with E-state index in [4.69, 9.17) is 32.7 Å². The van der Waals surface area contributed by atoms with Crippen molar-refractivity contribution >= 4 is 46.4 Å². The molecule has 0 fully saturated rings. The number of anilines is 2. The number of halogens is 2.